The Kier molecular flexibility index (Phi) is 20.0. The SMILES string of the molecule is CC(C)(C)OC(=O)N1CCC(CO)(Cc2ccc(Cl)c(Cl)c2)CC1.CCOC(=O)C1(Cc2ccc(Cl)c(Cl)c2)CCN(C(=O)OC(C)(C)C)CC1.[AlH3].[H-].[Li+]. The summed E-state index contributed by atoms with van der Waals surface area (Å²) < 4.78 is 16.2. The number of esters is 1. The quantitative estimate of drug-likeness (QED) is 0.221. The smallest absolute Gasteiger partial charge is 1.00 e. The van der Waals surface area contributed by atoms with Gasteiger partial charge in [-0.2, -0.15) is 0 Å². The number of halogens is 4. The molecule has 0 unspecified atom stereocenters. The fourth-order valence-electron chi connectivity index (χ4n) is 6.18. The van der Waals surface area contributed by atoms with Gasteiger partial charge >= 0.3 is 37.0 Å². The van der Waals surface area contributed by atoms with Crippen LogP contribution >= 0.6 is 46.4 Å². The molecule has 2 saturated heterocycles. The van der Waals surface area contributed by atoms with Crippen molar-refractivity contribution in [2.75, 3.05) is 39.4 Å². The third-order valence-corrected chi connectivity index (χ3v) is 10.5. The first-order valence-electron chi connectivity index (χ1n) is 17.3. The van der Waals surface area contributed by atoms with Crippen molar-refractivity contribution in [2.24, 2.45) is 10.8 Å². The molecule has 0 spiro atoms. The number of likely N-dealkylation sites (tertiary alicyclic amines) is 2. The minimum absolute atomic E-state index is 0. The average molecular weight is 829 g/mol. The van der Waals surface area contributed by atoms with Crippen LogP contribution in [-0.4, -0.2) is 101 Å². The molecule has 53 heavy (non-hydrogen) atoms. The van der Waals surface area contributed by atoms with Gasteiger partial charge in [-0.15, -0.1) is 0 Å². The molecule has 0 aliphatic carbocycles. The van der Waals surface area contributed by atoms with Crippen LogP contribution in [0.2, 0.25) is 20.1 Å². The Morgan fingerprint density at radius 3 is 1.47 bits per heavy atom. The van der Waals surface area contributed by atoms with Crippen LogP contribution in [0.5, 0.6) is 0 Å². The first kappa shape index (κ1) is 49.7. The van der Waals surface area contributed by atoms with Crippen molar-refractivity contribution in [3.05, 3.63) is 67.6 Å². The molecule has 15 heteroatoms. The number of amides is 2. The number of ether oxygens (including phenoxy) is 3. The van der Waals surface area contributed by atoms with Gasteiger partial charge in [-0.1, -0.05) is 58.5 Å². The number of carbonyl (C=O) groups is 3. The summed E-state index contributed by atoms with van der Waals surface area (Å²) in [6, 6.07) is 10.9. The van der Waals surface area contributed by atoms with E-state index in [1.165, 1.54) is 0 Å². The second-order valence-electron chi connectivity index (χ2n) is 15.4. The van der Waals surface area contributed by atoms with E-state index >= 15 is 0 Å². The maximum atomic E-state index is 12.8. The van der Waals surface area contributed by atoms with Crippen LogP contribution in [-0.2, 0) is 31.8 Å². The zero-order valence-electron chi connectivity index (χ0n) is 32.8. The first-order chi connectivity index (χ1) is 23.7. The summed E-state index contributed by atoms with van der Waals surface area (Å²) >= 11 is 24.2. The molecule has 0 atom stereocenters. The predicted molar refractivity (Wildman–Crippen MR) is 214 cm³/mol. The number of benzene rings is 2. The number of aliphatic hydroxyl groups excluding tert-OH is 1. The predicted octanol–water partition coefficient (Wildman–Crippen LogP) is 5.59. The number of rotatable bonds is 7. The number of hydrogen-bond donors (Lipinski definition) is 1. The zero-order valence-corrected chi connectivity index (χ0v) is 34.8. The Morgan fingerprint density at radius 2 is 1.11 bits per heavy atom. The number of hydrogen-bond acceptors (Lipinski definition) is 7. The van der Waals surface area contributed by atoms with Crippen LogP contribution in [0, 0.1) is 10.8 Å². The maximum absolute atomic E-state index is 12.8. The molecule has 2 aliphatic rings. The molecule has 292 valence electrons. The molecular formula is C38H56AlCl4LiN2O7. The summed E-state index contributed by atoms with van der Waals surface area (Å²) in [4.78, 5) is 40.6. The third-order valence-electron chi connectivity index (χ3n) is 8.98. The molecule has 2 aromatic rings. The average Bonchev–Trinajstić information content (AvgIpc) is 3.04. The number of piperidine rings is 2. The molecule has 9 nitrogen and oxygen atoms in total. The molecule has 2 aliphatic heterocycles. The normalized spacial score (nSPS) is 16.5. The second kappa shape index (κ2) is 21.3. The molecular weight excluding hydrogens is 772 g/mol. The summed E-state index contributed by atoms with van der Waals surface area (Å²) in [5.41, 5.74) is -0.0102. The summed E-state index contributed by atoms with van der Waals surface area (Å²) in [7, 11) is 0. The minimum atomic E-state index is -0.689. The third kappa shape index (κ3) is 15.3. The van der Waals surface area contributed by atoms with Gasteiger partial charge in [0.15, 0.2) is 17.4 Å². The van der Waals surface area contributed by atoms with Gasteiger partial charge in [0.25, 0.3) is 0 Å². The van der Waals surface area contributed by atoms with Crippen molar-refractivity contribution in [2.45, 2.75) is 98.2 Å². The summed E-state index contributed by atoms with van der Waals surface area (Å²) in [5, 5.41) is 11.9. The number of aliphatic hydroxyl groups is 1. The topological polar surface area (TPSA) is 106 Å². The molecule has 0 bridgehead atoms. The van der Waals surface area contributed by atoms with Crippen molar-refractivity contribution in [1.82, 2.24) is 9.80 Å². The Balaban J connectivity index is 0.000000991. The molecule has 4 rings (SSSR count). The van der Waals surface area contributed by atoms with Crippen LogP contribution in [0.4, 0.5) is 9.59 Å². The Morgan fingerprint density at radius 1 is 0.717 bits per heavy atom. The van der Waals surface area contributed by atoms with E-state index in [2.05, 4.69) is 0 Å². The van der Waals surface area contributed by atoms with Gasteiger partial charge < -0.3 is 30.5 Å². The van der Waals surface area contributed by atoms with E-state index in [1.54, 1.807) is 34.9 Å². The van der Waals surface area contributed by atoms with Gasteiger partial charge in [-0.3, -0.25) is 4.79 Å². The summed E-state index contributed by atoms with van der Waals surface area (Å²) in [5.74, 6) is -0.236. The van der Waals surface area contributed by atoms with E-state index in [9.17, 15) is 19.5 Å². The van der Waals surface area contributed by atoms with E-state index in [1.807, 2.05) is 59.7 Å². The molecule has 1 N–H and O–H groups in total. The van der Waals surface area contributed by atoms with Crippen LogP contribution in [0.15, 0.2) is 36.4 Å². The fourth-order valence-corrected chi connectivity index (χ4v) is 6.83. The standard InChI is InChI=1S/C20H27Cl2NO4.C18H25Cl2NO3.Al.Li.4H/c1-5-26-17(24)20(13-14-6-7-15(21)16(22)12-14)8-10-23(11-9-20)18(25)27-19(2,3)4;1-17(2,3)24-16(23)21-8-6-18(12-22,7-9-21)11-13-4-5-14(19)15(20)10-13;;;;;;/h6-7,12H,5,8-11,13H2,1-4H3;4-5,10,22H,6-9,11-12H2,1-3H3;;;;;;/q;;;+1;;;;-1. The largest absolute Gasteiger partial charge is 1.00 e. The van der Waals surface area contributed by atoms with E-state index in [4.69, 9.17) is 60.6 Å². The van der Waals surface area contributed by atoms with Crippen molar-refractivity contribution in [3.8, 4) is 0 Å². The fraction of sp³-hybridized carbons (Fsp3) is 0.605. The molecule has 2 aromatic carbocycles. The Labute approximate surface area is 359 Å². The van der Waals surface area contributed by atoms with Crippen molar-refractivity contribution >= 4 is 81.9 Å². The van der Waals surface area contributed by atoms with Crippen LogP contribution in [0.25, 0.3) is 0 Å². The van der Waals surface area contributed by atoms with Gasteiger partial charge in [0.2, 0.25) is 0 Å². The Bertz CT molecular complexity index is 1530. The molecule has 0 saturated carbocycles. The molecule has 2 fully saturated rings. The van der Waals surface area contributed by atoms with Gasteiger partial charge in [0.05, 0.1) is 32.1 Å². The van der Waals surface area contributed by atoms with Crippen LogP contribution in [0.3, 0.4) is 0 Å². The Hall–Kier alpha value is -1.30. The zero-order chi connectivity index (χ0) is 38.2. The number of nitrogens with zero attached hydrogens (tertiary/aromatic N) is 2. The number of carbonyl (C=O) groups excluding carboxylic acids is 3. The van der Waals surface area contributed by atoms with Crippen LogP contribution in [0.1, 0.15) is 86.7 Å². The van der Waals surface area contributed by atoms with E-state index in [0.29, 0.717) is 78.6 Å². The summed E-state index contributed by atoms with van der Waals surface area (Å²) in [6.07, 6.45) is 3.02. The van der Waals surface area contributed by atoms with E-state index in [0.717, 1.165) is 24.0 Å². The first-order valence-corrected chi connectivity index (χ1v) is 18.8. The van der Waals surface area contributed by atoms with Gasteiger partial charge in [-0.05, 0) is 122 Å². The second-order valence-corrected chi connectivity index (χ2v) is 17.1. The van der Waals surface area contributed by atoms with Crippen molar-refractivity contribution < 1.29 is 54.0 Å². The van der Waals surface area contributed by atoms with E-state index < -0.39 is 16.6 Å². The molecule has 0 aromatic heterocycles. The van der Waals surface area contributed by atoms with Gasteiger partial charge in [0.1, 0.15) is 11.2 Å². The van der Waals surface area contributed by atoms with Gasteiger partial charge in [-0.25, -0.2) is 9.59 Å². The van der Waals surface area contributed by atoms with E-state index in [-0.39, 0.29) is 67.8 Å². The van der Waals surface area contributed by atoms with Gasteiger partial charge in [0, 0.05) is 38.2 Å². The maximum Gasteiger partial charge on any atom is 1.00 e. The summed E-state index contributed by atoms with van der Waals surface area (Å²) in [6.45, 7) is 15.3. The minimum Gasteiger partial charge on any atom is -1.00 e. The van der Waals surface area contributed by atoms with Crippen molar-refractivity contribution in [1.29, 1.82) is 0 Å². The molecule has 2 amide bonds. The van der Waals surface area contributed by atoms with Crippen molar-refractivity contribution in [3.63, 3.8) is 0 Å². The molecule has 2 heterocycles. The van der Waals surface area contributed by atoms with Crippen LogP contribution < -0.4 is 18.9 Å². The molecule has 0 radical (unpaired) electrons. The monoisotopic (exact) mass is 826 g/mol.